The van der Waals surface area contributed by atoms with E-state index in [9.17, 15) is 13.7 Å². The van der Waals surface area contributed by atoms with Gasteiger partial charge in [0.2, 0.25) is 10.0 Å². The molecule has 0 aliphatic heterocycles. The summed E-state index contributed by atoms with van der Waals surface area (Å²) in [6, 6.07) is 2.12. The normalized spacial score (nSPS) is 15.6. The van der Waals surface area contributed by atoms with E-state index < -0.39 is 15.2 Å². The Morgan fingerprint density at radius 1 is 1.33 bits per heavy atom. The Morgan fingerprint density at radius 3 is 2.72 bits per heavy atom. The molecule has 0 saturated carbocycles. The highest BCUT2D eigenvalue weighted by Gasteiger charge is 2.22. The SMILES string of the molecule is N#Cc1c(NS(=O)(=O)CCl)sc2c1CCCCC2. The van der Waals surface area contributed by atoms with Crippen LogP contribution in [0.4, 0.5) is 5.00 Å². The summed E-state index contributed by atoms with van der Waals surface area (Å²) >= 11 is 6.73. The molecule has 0 saturated heterocycles. The van der Waals surface area contributed by atoms with Crippen LogP contribution in [-0.2, 0) is 22.9 Å². The molecule has 1 aromatic heterocycles. The summed E-state index contributed by atoms with van der Waals surface area (Å²) in [7, 11) is -3.54. The van der Waals surface area contributed by atoms with Gasteiger partial charge in [0.05, 0.1) is 5.56 Å². The van der Waals surface area contributed by atoms with E-state index >= 15 is 0 Å². The van der Waals surface area contributed by atoms with Gasteiger partial charge in [-0.1, -0.05) is 6.42 Å². The lowest BCUT2D eigenvalue weighted by Gasteiger charge is -2.03. The summed E-state index contributed by atoms with van der Waals surface area (Å²) in [6.07, 6.45) is 5.10. The minimum atomic E-state index is -3.54. The maximum atomic E-state index is 11.5. The summed E-state index contributed by atoms with van der Waals surface area (Å²) in [5, 5.41) is 9.14. The van der Waals surface area contributed by atoms with Crippen molar-refractivity contribution in [1.29, 1.82) is 5.26 Å². The van der Waals surface area contributed by atoms with Crippen molar-refractivity contribution in [2.75, 3.05) is 9.93 Å². The molecule has 1 heterocycles. The smallest absolute Gasteiger partial charge is 0.247 e. The first-order chi connectivity index (χ1) is 8.57. The van der Waals surface area contributed by atoms with Crippen LogP contribution < -0.4 is 4.72 Å². The van der Waals surface area contributed by atoms with E-state index in [1.54, 1.807) is 0 Å². The first-order valence-electron chi connectivity index (χ1n) is 5.68. The van der Waals surface area contributed by atoms with Crippen LogP contribution in [0, 0.1) is 11.3 Å². The maximum absolute atomic E-state index is 11.5. The number of nitrogens with zero attached hydrogens (tertiary/aromatic N) is 1. The molecule has 1 N–H and O–H groups in total. The van der Waals surface area contributed by atoms with Crippen LogP contribution in [0.5, 0.6) is 0 Å². The van der Waals surface area contributed by atoms with Crippen LogP contribution in [0.25, 0.3) is 0 Å². The van der Waals surface area contributed by atoms with Crippen molar-refractivity contribution in [2.45, 2.75) is 32.1 Å². The van der Waals surface area contributed by atoms with Crippen molar-refractivity contribution in [3.05, 3.63) is 16.0 Å². The van der Waals surface area contributed by atoms with Gasteiger partial charge in [0, 0.05) is 4.88 Å². The average Bonchev–Trinajstić information content (AvgIpc) is 2.50. The molecule has 7 heteroatoms. The number of hydrogen-bond donors (Lipinski definition) is 1. The van der Waals surface area contributed by atoms with Gasteiger partial charge >= 0.3 is 0 Å². The first-order valence-corrected chi connectivity index (χ1v) is 8.69. The monoisotopic (exact) mass is 304 g/mol. The van der Waals surface area contributed by atoms with Crippen molar-refractivity contribution in [2.24, 2.45) is 0 Å². The predicted molar refractivity (Wildman–Crippen MR) is 73.6 cm³/mol. The first kappa shape index (κ1) is 13.7. The molecule has 0 unspecified atom stereocenters. The van der Waals surface area contributed by atoms with Gasteiger partial charge in [-0.15, -0.1) is 22.9 Å². The van der Waals surface area contributed by atoms with E-state index in [1.807, 2.05) is 0 Å². The van der Waals surface area contributed by atoms with E-state index in [4.69, 9.17) is 11.6 Å². The molecule has 1 aliphatic rings. The second kappa shape index (κ2) is 5.47. The van der Waals surface area contributed by atoms with E-state index in [0.29, 0.717) is 10.6 Å². The average molecular weight is 305 g/mol. The largest absolute Gasteiger partial charge is 0.272 e. The maximum Gasteiger partial charge on any atom is 0.247 e. The van der Waals surface area contributed by atoms with Gasteiger partial charge in [0.15, 0.2) is 0 Å². The third-order valence-electron chi connectivity index (χ3n) is 2.92. The number of thiophene rings is 1. The van der Waals surface area contributed by atoms with Crippen molar-refractivity contribution in [1.82, 2.24) is 0 Å². The van der Waals surface area contributed by atoms with Crippen LogP contribution in [-0.4, -0.2) is 13.6 Å². The molecular formula is C11H13ClN2O2S2. The number of fused-ring (bicyclic) bond motifs is 1. The molecule has 1 aliphatic carbocycles. The van der Waals surface area contributed by atoms with Gasteiger partial charge in [-0.3, -0.25) is 4.72 Å². The van der Waals surface area contributed by atoms with E-state index in [0.717, 1.165) is 42.5 Å². The number of aryl methyl sites for hydroxylation is 1. The number of rotatable bonds is 3. The second-order valence-electron chi connectivity index (χ2n) is 4.21. The third-order valence-corrected chi connectivity index (χ3v) is 5.93. The topological polar surface area (TPSA) is 70.0 Å². The van der Waals surface area contributed by atoms with Gasteiger partial charge in [-0.05, 0) is 31.2 Å². The molecule has 18 heavy (non-hydrogen) atoms. The number of sulfonamides is 1. The highest BCUT2D eigenvalue weighted by Crippen LogP contribution is 2.37. The fourth-order valence-electron chi connectivity index (χ4n) is 2.10. The molecule has 2 rings (SSSR count). The van der Waals surface area contributed by atoms with E-state index in [1.165, 1.54) is 11.3 Å². The summed E-state index contributed by atoms with van der Waals surface area (Å²) in [5.41, 5.74) is 1.50. The Bertz CT molecular complexity index is 587. The van der Waals surface area contributed by atoms with Gasteiger partial charge < -0.3 is 0 Å². The zero-order valence-corrected chi connectivity index (χ0v) is 12.1. The fourth-order valence-corrected chi connectivity index (χ4v) is 4.34. The minimum absolute atomic E-state index is 0.421. The van der Waals surface area contributed by atoms with Gasteiger partial charge in [0.1, 0.15) is 16.3 Å². The Morgan fingerprint density at radius 2 is 2.06 bits per heavy atom. The summed E-state index contributed by atoms with van der Waals surface area (Å²) in [5.74, 6) is 0. The summed E-state index contributed by atoms with van der Waals surface area (Å²) in [6.45, 7) is 0. The molecule has 0 bridgehead atoms. The molecule has 0 spiro atoms. The highest BCUT2D eigenvalue weighted by molar-refractivity contribution is 7.94. The van der Waals surface area contributed by atoms with Crippen LogP contribution in [0.15, 0.2) is 0 Å². The predicted octanol–water partition coefficient (Wildman–Crippen LogP) is 2.83. The van der Waals surface area contributed by atoms with Gasteiger partial charge in [-0.2, -0.15) is 5.26 Å². The zero-order chi connectivity index (χ0) is 13.2. The summed E-state index contributed by atoms with van der Waals surface area (Å²) < 4.78 is 25.3. The third kappa shape index (κ3) is 2.79. The molecule has 0 atom stereocenters. The lowest BCUT2D eigenvalue weighted by molar-refractivity contribution is 0.605. The van der Waals surface area contributed by atoms with Crippen LogP contribution in [0.3, 0.4) is 0 Å². The standard InChI is InChI=1S/C11H13ClN2O2S2/c12-7-18(15,16)14-11-9(6-13)8-4-2-1-3-5-10(8)17-11/h14H,1-5,7H2. The molecule has 4 nitrogen and oxygen atoms in total. The minimum Gasteiger partial charge on any atom is -0.272 e. The van der Waals surface area contributed by atoms with E-state index in [2.05, 4.69) is 10.8 Å². The number of alkyl halides is 1. The number of nitriles is 1. The molecule has 0 aromatic carbocycles. The van der Waals surface area contributed by atoms with Gasteiger partial charge in [0.25, 0.3) is 0 Å². The van der Waals surface area contributed by atoms with Crippen molar-refractivity contribution < 1.29 is 8.42 Å². The number of anilines is 1. The summed E-state index contributed by atoms with van der Waals surface area (Å²) in [4.78, 5) is 1.14. The Kier molecular flexibility index (Phi) is 4.15. The molecular weight excluding hydrogens is 292 g/mol. The number of nitrogens with one attached hydrogen (secondary N) is 1. The van der Waals surface area contributed by atoms with E-state index in [-0.39, 0.29) is 0 Å². The number of halogens is 1. The van der Waals surface area contributed by atoms with Crippen LogP contribution >= 0.6 is 22.9 Å². The van der Waals surface area contributed by atoms with Gasteiger partial charge in [-0.25, -0.2) is 8.42 Å². The Labute approximate surface area is 116 Å². The second-order valence-corrected chi connectivity index (χ2v) is 7.62. The Balaban J connectivity index is 2.41. The number of hydrogen-bond acceptors (Lipinski definition) is 4. The van der Waals surface area contributed by atoms with Crippen LogP contribution in [0.2, 0.25) is 0 Å². The fraction of sp³-hybridized carbons (Fsp3) is 0.545. The zero-order valence-electron chi connectivity index (χ0n) is 9.70. The molecule has 0 radical (unpaired) electrons. The molecule has 0 amide bonds. The molecule has 1 aromatic rings. The Hall–Kier alpha value is -0.770. The lowest BCUT2D eigenvalue weighted by atomic mass is 10.1. The van der Waals surface area contributed by atoms with Crippen LogP contribution in [0.1, 0.15) is 35.3 Å². The van der Waals surface area contributed by atoms with Crippen molar-refractivity contribution in [3.8, 4) is 6.07 Å². The highest BCUT2D eigenvalue weighted by atomic mass is 35.5. The molecule has 98 valence electrons. The lowest BCUT2D eigenvalue weighted by Crippen LogP contribution is -2.13. The quantitative estimate of drug-likeness (QED) is 0.689. The molecule has 0 fully saturated rings. The van der Waals surface area contributed by atoms with Crippen molar-refractivity contribution in [3.63, 3.8) is 0 Å². The van der Waals surface area contributed by atoms with Crippen molar-refractivity contribution >= 4 is 38.0 Å².